The molecule has 10 heavy (non-hydrogen) atoms. The zero-order chi connectivity index (χ0) is 7.28. The van der Waals surface area contributed by atoms with Gasteiger partial charge in [0, 0.05) is 8.03 Å². The molecule has 0 saturated heterocycles. The van der Waals surface area contributed by atoms with Gasteiger partial charge in [0.15, 0.2) is 0 Å². The fraction of sp³-hybridized carbons (Fsp3) is 1.00. The van der Waals surface area contributed by atoms with Crippen LogP contribution in [0.3, 0.4) is 0 Å². The number of rotatable bonds is 4. The molecule has 0 spiro atoms. The Bertz CT molecular complexity index is 97.7. The monoisotopic (exact) mass is 172 g/mol. The zero-order valence-electron chi connectivity index (χ0n) is 7.02. The van der Waals surface area contributed by atoms with Crippen LogP contribution in [0.25, 0.3) is 0 Å². The second kappa shape index (κ2) is 8.29. The molecule has 0 aromatic rings. The minimum Gasteiger partial charge on any atom is -0.801 e. The number of unbranched alkanes of at least 4 members (excludes halogenated alkanes) is 1. The maximum atomic E-state index is 10.3. The van der Waals surface area contributed by atoms with E-state index in [9.17, 15) is 9.46 Å². The Balaban J connectivity index is 0. The first-order chi connectivity index (χ1) is 4.18. The molecule has 4 heteroatoms. The van der Waals surface area contributed by atoms with Gasteiger partial charge < -0.3 is 9.46 Å². The molecule has 0 rings (SSSR count). The van der Waals surface area contributed by atoms with Crippen LogP contribution in [0.5, 0.6) is 0 Å². The van der Waals surface area contributed by atoms with E-state index in [-0.39, 0.29) is 35.2 Å². The molecule has 0 saturated carbocycles. The quantitative estimate of drug-likeness (QED) is 0.378. The van der Waals surface area contributed by atoms with E-state index in [1.165, 1.54) is 0 Å². The Morgan fingerprint density at radius 1 is 1.60 bits per heavy atom. The van der Waals surface area contributed by atoms with Gasteiger partial charge in [-0.05, 0) is 12.1 Å². The van der Waals surface area contributed by atoms with Gasteiger partial charge in [0.25, 0.3) is 0 Å². The van der Waals surface area contributed by atoms with Crippen molar-refractivity contribution < 1.29 is 39.0 Å². The first-order valence-corrected chi connectivity index (χ1v) is 4.78. The molecule has 0 N–H and O–H groups in total. The molecule has 0 amide bonds. The van der Waals surface area contributed by atoms with Gasteiger partial charge in [0.05, 0.1) is 0 Å². The van der Waals surface area contributed by atoms with Crippen molar-refractivity contribution in [1.29, 1.82) is 0 Å². The van der Waals surface area contributed by atoms with Crippen LogP contribution in [-0.4, -0.2) is 5.66 Å². The zero-order valence-corrected chi connectivity index (χ0v) is 10.0. The predicted octanol–water partition coefficient (Wildman–Crippen LogP) is -1.60. The van der Waals surface area contributed by atoms with Gasteiger partial charge in [-0.15, -0.1) is 0 Å². The largest absolute Gasteiger partial charge is 1.00 e. The average molecular weight is 172 g/mol. The van der Waals surface area contributed by atoms with Crippen LogP contribution in [0.4, 0.5) is 0 Å². The molecule has 2 unspecified atom stereocenters. The van der Waals surface area contributed by atoms with Gasteiger partial charge in [-0.3, -0.25) is 0 Å². The standard InChI is InChI=1S/C6H15O2P.Na/c1-3-4-5-6(2)9(7)8;/h6,9H,3-5H2,1-2H3,(H,7,8);/q;+1/p-1. The fourth-order valence-corrected chi connectivity index (χ4v) is 1.07. The predicted molar refractivity (Wildman–Crippen MR) is 38.0 cm³/mol. The summed E-state index contributed by atoms with van der Waals surface area (Å²) in [4.78, 5) is 10.3. The summed E-state index contributed by atoms with van der Waals surface area (Å²) in [6.07, 6.45) is 2.94. The van der Waals surface area contributed by atoms with Crippen LogP contribution in [-0.2, 0) is 4.57 Å². The van der Waals surface area contributed by atoms with E-state index in [0.29, 0.717) is 0 Å². The first kappa shape index (κ1) is 13.8. The maximum Gasteiger partial charge on any atom is 1.00 e. The molecule has 0 aliphatic rings. The van der Waals surface area contributed by atoms with Gasteiger partial charge in [-0.25, -0.2) is 0 Å². The van der Waals surface area contributed by atoms with Gasteiger partial charge in [-0.2, -0.15) is 0 Å². The maximum absolute atomic E-state index is 10.3. The normalized spacial score (nSPS) is 15.5. The fourth-order valence-electron chi connectivity index (χ4n) is 0.628. The van der Waals surface area contributed by atoms with Crippen molar-refractivity contribution in [2.24, 2.45) is 0 Å². The van der Waals surface area contributed by atoms with E-state index >= 15 is 0 Å². The smallest absolute Gasteiger partial charge is 0.801 e. The second-order valence-electron chi connectivity index (χ2n) is 2.36. The molecule has 56 valence electrons. The summed E-state index contributed by atoms with van der Waals surface area (Å²) in [7, 11) is -2.48. The van der Waals surface area contributed by atoms with Crippen LogP contribution in [0.15, 0.2) is 0 Å². The SMILES string of the molecule is CCCCC(C)[PH](=O)[O-].[Na+]. The van der Waals surface area contributed by atoms with E-state index in [2.05, 4.69) is 6.92 Å². The molecule has 0 aromatic carbocycles. The third-order valence-corrected chi connectivity index (χ3v) is 2.49. The Kier molecular flexibility index (Phi) is 11.4. The molecule has 0 bridgehead atoms. The first-order valence-electron chi connectivity index (χ1n) is 3.39. The molecular formula is C6H14NaO2P. The van der Waals surface area contributed by atoms with Crippen molar-refractivity contribution in [1.82, 2.24) is 0 Å². The van der Waals surface area contributed by atoms with Crippen LogP contribution >= 0.6 is 8.03 Å². The summed E-state index contributed by atoms with van der Waals surface area (Å²) in [6, 6.07) is 0. The molecule has 0 radical (unpaired) electrons. The van der Waals surface area contributed by atoms with Gasteiger partial charge in [-0.1, -0.05) is 26.7 Å². The summed E-state index contributed by atoms with van der Waals surface area (Å²) in [6.45, 7) is 3.83. The van der Waals surface area contributed by atoms with Crippen molar-refractivity contribution in [2.75, 3.05) is 0 Å². The van der Waals surface area contributed by atoms with Crippen molar-refractivity contribution in [3.63, 3.8) is 0 Å². The minimum absolute atomic E-state index is 0. The van der Waals surface area contributed by atoms with Crippen molar-refractivity contribution in [3.8, 4) is 0 Å². The Morgan fingerprint density at radius 2 is 2.10 bits per heavy atom. The minimum atomic E-state index is -2.48. The summed E-state index contributed by atoms with van der Waals surface area (Å²) in [5.74, 6) is 0. The average Bonchev–Trinajstić information content (AvgIpc) is 1.82. The van der Waals surface area contributed by atoms with Gasteiger partial charge in [0.1, 0.15) is 0 Å². The second-order valence-corrected chi connectivity index (χ2v) is 3.99. The van der Waals surface area contributed by atoms with Crippen LogP contribution in [0, 0.1) is 0 Å². The van der Waals surface area contributed by atoms with E-state index in [0.717, 1.165) is 19.3 Å². The van der Waals surface area contributed by atoms with E-state index < -0.39 is 8.03 Å². The number of hydrogen-bond acceptors (Lipinski definition) is 2. The Morgan fingerprint density at radius 3 is 2.40 bits per heavy atom. The molecule has 0 aromatic heterocycles. The van der Waals surface area contributed by atoms with Crippen molar-refractivity contribution in [2.45, 2.75) is 38.8 Å². The summed E-state index contributed by atoms with van der Waals surface area (Å²) >= 11 is 0. The molecule has 0 heterocycles. The topological polar surface area (TPSA) is 40.1 Å². The van der Waals surface area contributed by atoms with E-state index in [1.54, 1.807) is 6.92 Å². The molecule has 2 nitrogen and oxygen atoms in total. The summed E-state index contributed by atoms with van der Waals surface area (Å²) < 4.78 is 10.3. The van der Waals surface area contributed by atoms with Gasteiger partial charge >= 0.3 is 29.6 Å². The van der Waals surface area contributed by atoms with Gasteiger partial charge in [0.2, 0.25) is 0 Å². The Labute approximate surface area is 85.6 Å². The molecule has 2 atom stereocenters. The van der Waals surface area contributed by atoms with Crippen LogP contribution in [0.1, 0.15) is 33.1 Å². The Hall–Kier alpha value is 1.19. The summed E-state index contributed by atoms with van der Waals surface area (Å²) in [5, 5.41) is 0. The van der Waals surface area contributed by atoms with E-state index in [4.69, 9.17) is 0 Å². The third kappa shape index (κ3) is 7.30. The van der Waals surface area contributed by atoms with E-state index in [1.807, 2.05) is 0 Å². The van der Waals surface area contributed by atoms with Crippen LogP contribution in [0.2, 0.25) is 0 Å². The van der Waals surface area contributed by atoms with Crippen molar-refractivity contribution in [3.05, 3.63) is 0 Å². The number of hydrogen-bond donors (Lipinski definition) is 0. The summed E-state index contributed by atoms with van der Waals surface area (Å²) in [5.41, 5.74) is -0.0880. The third-order valence-electron chi connectivity index (χ3n) is 1.39. The molecule has 0 fully saturated rings. The molecule has 0 aliphatic carbocycles. The molecule has 0 aliphatic heterocycles. The van der Waals surface area contributed by atoms with Crippen LogP contribution < -0.4 is 34.5 Å². The van der Waals surface area contributed by atoms with Crippen molar-refractivity contribution >= 4 is 8.03 Å². The molecular weight excluding hydrogens is 158 g/mol.